The molecule has 0 amide bonds. The summed E-state index contributed by atoms with van der Waals surface area (Å²) in [4.78, 5) is 39.3. The van der Waals surface area contributed by atoms with Gasteiger partial charge < -0.3 is 14.6 Å². The van der Waals surface area contributed by atoms with E-state index < -0.39 is 18.0 Å². The van der Waals surface area contributed by atoms with Gasteiger partial charge in [0.05, 0.1) is 28.5 Å². The standard InChI is InChI=1S/C13H12BrNO2.C11H10BrNO.C4H6O3/c1-8(17-9(2)16)12-6-4-10-3-5-11(14)7-13(10)15-12;1-7(14)10-5-3-8-2-4-9(12)6-11(8)13-10;1-3(5)7-4(2)6/h3-8H,1-2H3;2-7,14H,1H3;1-2H3/t8-;7-;/m11./s1. The van der Waals surface area contributed by atoms with E-state index in [4.69, 9.17) is 4.74 Å². The number of hydrogen-bond acceptors (Lipinski definition) is 8. The number of benzene rings is 2. The number of hydrogen-bond donors (Lipinski definition) is 1. The highest BCUT2D eigenvalue weighted by atomic mass is 79.9. The molecule has 2 aromatic heterocycles. The molecule has 0 aliphatic carbocycles. The Bertz CT molecular complexity index is 1430. The van der Waals surface area contributed by atoms with Crippen LogP contribution < -0.4 is 0 Å². The predicted molar refractivity (Wildman–Crippen MR) is 152 cm³/mol. The zero-order valence-corrected chi connectivity index (χ0v) is 24.7. The molecule has 8 nitrogen and oxygen atoms in total. The van der Waals surface area contributed by atoms with Crippen molar-refractivity contribution in [3.63, 3.8) is 0 Å². The third-order valence-electron chi connectivity index (χ3n) is 4.83. The Labute approximate surface area is 237 Å². The van der Waals surface area contributed by atoms with Crippen molar-refractivity contribution < 1.29 is 29.0 Å². The van der Waals surface area contributed by atoms with Gasteiger partial charge in [0.15, 0.2) is 0 Å². The summed E-state index contributed by atoms with van der Waals surface area (Å²) in [5, 5.41) is 11.5. The molecule has 2 heterocycles. The van der Waals surface area contributed by atoms with Crippen molar-refractivity contribution in [2.75, 3.05) is 0 Å². The molecule has 0 radical (unpaired) electrons. The quantitative estimate of drug-likeness (QED) is 0.191. The number of aliphatic hydroxyl groups is 1. The lowest BCUT2D eigenvalue weighted by Gasteiger charge is -2.11. The molecule has 0 bridgehead atoms. The average Bonchev–Trinajstić information content (AvgIpc) is 2.82. The van der Waals surface area contributed by atoms with Crippen molar-refractivity contribution in [2.45, 2.75) is 46.8 Å². The first-order chi connectivity index (χ1) is 17.8. The van der Waals surface area contributed by atoms with Crippen LogP contribution in [0.2, 0.25) is 0 Å². The normalized spacial score (nSPS) is 11.8. The molecule has 0 aliphatic heterocycles. The second-order valence-corrected chi connectivity index (χ2v) is 9.99. The van der Waals surface area contributed by atoms with Gasteiger partial charge in [-0.25, -0.2) is 4.98 Å². The van der Waals surface area contributed by atoms with E-state index in [2.05, 4.69) is 46.6 Å². The molecule has 2 atom stereocenters. The number of esters is 3. The first-order valence-electron chi connectivity index (χ1n) is 11.5. The van der Waals surface area contributed by atoms with Crippen LogP contribution in [0.25, 0.3) is 21.8 Å². The minimum absolute atomic E-state index is 0.298. The first-order valence-corrected chi connectivity index (χ1v) is 13.1. The maximum absolute atomic E-state index is 10.9. The number of halogens is 2. The van der Waals surface area contributed by atoms with Crippen LogP contribution in [-0.4, -0.2) is 33.0 Å². The molecule has 0 saturated heterocycles. The van der Waals surface area contributed by atoms with Gasteiger partial charge in [-0.1, -0.05) is 56.1 Å². The van der Waals surface area contributed by atoms with Crippen LogP contribution in [0.15, 0.2) is 69.6 Å². The van der Waals surface area contributed by atoms with Crippen LogP contribution in [0.1, 0.15) is 58.2 Å². The number of rotatable bonds is 3. The van der Waals surface area contributed by atoms with Crippen LogP contribution in [0, 0.1) is 0 Å². The summed E-state index contributed by atoms with van der Waals surface area (Å²) in [5.41, 5.74) is 3.25. The van der Waals surface area contributed by atoms with Gasteiger partial charge >= 0.3 is 17.9 Å². The van der Waals surface area contributed by atoms with E-state index in [9.17, 15) is 19.5 Å². The summed E-state index contributed by atoms with van der Waals surface area (Å²) >= 11 is 6.80. The molecule has 4 aromatic rings. The summed E-state index contributed by atoms with van der Waals surface area (Å²) in [7, 11) is 0. The van der Waals surface area contributed by atoms with Gasteiger partial charge in [0, 0.05) is 40.5 Å². The van der Waals surface area contributed by atoms with Crippen molar-refractivity contribution >= 4 is 71.6 Å². The second kappa shape index (κ2) is 14.7. The highest BCUT2D eigenvalue weighted by Crippen LogP contribution is 2.22. The molecule has 0 unspecified atom stereocenters. The summed E-state index contributed by atoms with van der Waals surface area (Å²) < 4.78 is 11.1. The zero-order valence-electron chi connectivity index (χ0n) is 21.6. The Kier molecular flexibility index (Phi) is 12.0. The number of ether oxygens (including phenoxy) is 2. The van der Waals surface area contributed by atoms with E-state index in [-0.39, 0.29) is 12.1 Å². The molecule has 2 aromatic carbocycles. The second-order valence-electron chi connectivity index (χ2n) is 8.16. The third kappa shape index (κ3) is 10.3. The van der Waals surface area contributed by atoms with Gasteiger partial charge in [-0.05, 0) is 50.2 Å². The fraction of sp³-hybridized carbons (Fsp3) is 0.250. The third-order valence-corrected chi connectivity index (χ3v) is 5.81. The number of carbonyl (C=O) groups excluding carboxylic acids is 3. The van der Waals surface area contributed by atoms with Crippen molar-refractivity contribution in [3.05, 3.63) is 81.0 Å². The van der Waals surface area contributed by atoms with E-state index in [1.807, 2.05) is 67.6 Å². The summed E-state index contributed by atoms with van der Waals surface area (Å²) in [6.45, 7) is 7.29. The lowest BCUT2D eigenvalue weighted by molar-refractivity contribution is -0.156. The average molecular weight is 648 g/mol. The van der Waals surface area contributed by atoms with E-state index >= 15 is 0 Å². The molecule has 10 heteroatoms. The van der Waals surface area contributed by atoms with Crippen LogP contribution in [0.5, 0.6) is 0 Å². The number of nitrogens with zero attached hydrogens (tertiary/aromatic N) is 2. The van der Waals surface area contributed by atoms with E-state index in [1.165, 1.54) is 20.8 Å². The van der Waals surface area contributed by atoms with Crippen molar-refractivity contribution in [2.24, 2.45) is 0 Å². The van der Waals surface area contributed by atoms with Crippen molar-refractivity contribution in [1.82, 2.24) is 9.97 Å². The molecule has 1 N–H and O–H groups in total. The maximum atomic E-state index is 10.9. The van der Waals surface area contributed by atoms with Gasteiger partial charge in [-0.2, -0.15) is 0 Å². The van der Waals surface area contributed by atoms with Gasteiger partial charge in [0.25, 0.3) is 0 Å². The lowest BCUT2D eigenvalue weighted by atomic mass is 10.1. The largest absolute Gasteiger partial charge is 0.456 e. The number of fused-ring (bicyclic) bond motifs is 2. The van der Waals surface area contributed by atoms with Gasteiger partial charge in [0.1, 0.15) is 6.10 Å². The van der Waals surface area contributed by atoms with Crippen LogP contribution in [0.3, 0.4) is 0 Å². The Morgan fingerprint density at radius 2 is 1.13 bits per heavy atom. The van der Waals surface area contributed by atoms with Crippen molar-refractivity contribution in [1.29, 1.82) is 0 Å². The monoisotopic (exact) mass is 646 g/mol. The Morgan fingerprint density at radius 1 is 0.711 bits per heavy atom. The zero-order chi connectivity index (χ0) is 28.4. The Morgan fingerprint density at radius 3 is 1.53 bits per heavy atom. The van der Waals surface area contributed by atoms with Crippen LogP contribution >= 0.6 is 31.9 Å². The van der Waals surface area contributed by atoms with E-state index in [1.54, 1.807) is 6.92 Å². The first kappa shape index (κ1) is 31.0. The predicted octanol–water partition coefficient (Wildman–Crippen LogP) is 6.77. The van der Waals surface area contributed by atoms with Crippen LogP contribution in [-0.2, 0) is 23.9 Å². The minimum atomic E-state index is -0.562. The Balaban J connectivity index is 0.000000218. The molecule has 0 spiro atoms. The van der Waals surface area contributed by atoms with E-state index in [0.29, 0.717) is 5.69 Å². The SMILES string of the molecule is CC(=O)OC(C)=O.CC(=O)O[C@H](C)c1ccc2ccc(Br)cc2n1.C[C@@H](O)c1ccc2ccc(Br)cc2n1. The fourth-order valence-corrected chi connectivity index (χ4v) is 3.88. The van der Waals surface area contributed by atoms with Gasteiger partial charge in [-0.15, -0.1) is 0 Å². The smallest absolute Gasteiger partial charge is 0.310 e. The fourth-order valence-electron chi connectivity index (χ4n) is 3.18. The summed E-state index contributed by atoms with van der Waals surface area (Å²) in [6.07, 6.45) is -0.839. The number of pyridine rings is 2. The Hall–Kier alpha value is -3.21. The molecule has 38 heavy (non-hydrogen) atoms. The number of aromatic nitrogens is 2. The topological polar surface area (TPSA) is 116 Å². The van der Waals surface area contributed by atoms with Crippen molar-refractivity contribution in [3.8, 4) is 0 Å². The van der Waals surface area contributed by atoms with Crippen LogP contribution in [0.4, 0.5) is 0 Å². The number of aliphatic hydroxyl groups excluding tert-OH is 1. The number of carbonyl (C=O) groups is 3. The molecule has 4 rings (SSSR count). The molecule has 0 aliphatic rings. The molecule has 0 saturated carbocycles. The molecular formula is C28H28Br2N2O6. The lowest BCUT2D eigenvalue weighted by Crippen LogP contribution is -2.06. The summed E-state index contributed by atoms with van der Waals surface area (Å²) in [6, 6.07) is 19.5. The molecule has 200 valence electrons. The maximum Gasteiger partial charge on any atom is 0.310 e. The minimum Gasteiger partial charge on any atom is -0.456 e. The van der Waals surface area contributed by atoms with Gasteiger partial charge in [0.2, 0.25) is 0 Å². The highest BCUT2D eigenvalue weighted by molar-refractivity contribution is 9.10. The van der Waals surface area contributed by atoms with Gasteiger partial charge in [-0.3, -0.25) is 19.4 Å². The highest BCUT2D eigenvalue weighted by Gasteiger charge is 2.10. The van der Waals surface area contributed by atoms with E-state index in [0.717, 1.165) is 36.4 Å². The summed E-state index contributed by atoms with van der Waals surface area (Å²) in [5.74, 6) is -1.42. The molecular weight excluding hydrogens is 620 g/mol. The molecule has 0 fully saturated rings.